The van der Waals surface area contributed by atoms with Gasteiger partial charge in [-0.2, -0.15) is 0 Å². The Morgan fingerprint density at radius 1 is 1.53 bits per heavy atom. The van der Waals surface area contributed by atoms with Gasteiger partial charge in [0.1, 0.15) is 0 Å². The lowest BCUT2D eigenvalue weighted by Crippen LogP contribution is -2.07. The number of aromatic nitrogens is 1. The monoisotopic (exact) mass is 206 g/mol. The van der Waals surface area contributed by atoms with Gasteiger partial charge in [0.05, 0.1) is 11.3 Å². The van der Waals surface area contributed by atoms with E-state index in [1.165, 1.54) is 24.4 Å². The van der Waals surface area contributed by atoms with E-state index in [9.17, 15) is 9.59 Å². The molecule has 1 heterocycles. The molecule has 1 aromatic rings. The van der Waals surface area contributed by atoms with Crippen molar-refractivity contribution in [2.75, 3.05) is 0 Å². The van der Waals surface area contributed by atoms with E-state index in [0.717, 1.165) is 0 Å². The minimum absolute atomic E-state index is 0.110. The smallest absolute Gasteiger partial charge is 0.335 e. The standard InChI is InChI=1S/C10H10N2O3/c11-9(13)3-1-2-8-6-7(10(14)15)4-5-12-8/h1-2,4-6H,3H2,(H2,11,13)(H,14,15). The Kier molecular flexibility index (Phi) is 3.56. The number of hydrogen-bond acceptors (Lipinski definition) is 3. The van der Waals surface area contributed by atoms with Crippen molar-refractivity contribution in [1.82, 2.24) is 4.98 Å². The molecule has 3 N–H and O–H groups in total. The van der Waals surface area contributed by atoms with Gasteiger partial charge in [-0.3, -0.25) is 9.78 Å². The molecule has 1 amide bonds. The number of rotatable bonds is 4. The van der Waals surface area contributed by atoms with Gasteiger partial charge in [0, 0.05) is 12.6 Å². The molecule has 5 nitrogen and oxygen atoms in total. The third-order valence-corrected chi connectivity index (χ3v) is 1.64. The molecule has 0 aliphatic rings. The highest BCUT2D eigenvalue weighted by atomic mass is 16.4. The fourth-order valence-electron chi connectivity index (χ4n) is 0.968. The number of nitrogens with zero attached hydrogens (tertiary/aromatic N) is 1. The number of aromatic carboxylic acids is 1. The summed E-state index contributed by atoms with van der Waals surface area (Å²) in [5.74, 6) is -1.46. The average molecular weight is 206 g/mol. The van der Waals surface area contributed by atoms with Crippen molar-refractivity contribution in [1.29, 1.82) is 0 Å². The van der Waals surface area contributed by atoms with E-state index < -0.39 is 11.9 Å². The Bertz CT molecular complexity index is 413. The van der Waals surface area contributed by atoms with Crippen LogP contribution in [0.1, 0.15) is 22.5 Å². The second-order valence-electron chi connectivity index (χ2n) is 2.85. The number of carboxylic acids is 1. The number of hydrogen-bond donors (Lipinski definition) is 2. The van der Waals surface area contributed by atoms with Gasteiger partial charge in [-0.15, -0.1) is 0 Å². The van der Waals surface area contributed by atoms with Crippen LogP contribution in [0.5, 0.6) is 0 Å². The Morgan fingerprint density at radius 3 is 2.87 bits per heavy atom. The number of primary amides is 1. The summed E-state index contributed by atoms with van der Waals surface area (Å²) in [6.07, 6.45) is 4.60. The summed E-state index contributed by atoms with van der Waals surface area (Å²) in [6.45, 7) is 0. The van der Waals surface area contributed by atoms with Crippen molar-refractivity contribution < 1.29 is 14.7 Å². The third kappa shape index (κ3) is 3.60. The van der Waals surface area contributed by atoms with Crippen LogP contribution in [-0.4, -0.2) is 22.0 Å². The van der Waals surface area contributed by atoms with E-state index in [0.29, 0.717) is 5.69 Å². The van der Waals surface area contributed by atoms with Gasteiger partial charge in [-0.25, -0.2) is 4.79 Å². The molecule has 1 aromatic heterocycles. The van der Waals surface area contributed by atoms with Gasteiger partial charge >= 0.3 is 5.97 Å². The topological polar surface area (TPSA) is 93.3 Å². The van der Waals surface area contributed by atoms with E-state index >= 15 is 0 Å². The zero-order valence-electron chi connectivity index (χ0n) is 7.88. The molecule has 0 fully saturated rings. The van der Waals surface area contributed by atoms with Gasteiger partial charge in [0.15, 0.2) is 0 Å². The van der Waals surface area contributed by atoms with E-state index in [-0.39, 0.29) is 12.0 Å². The van der Waals surface area contributed by atoms with Gasteiger partial charge < -0.3 is 10.8 Å². The van der Waals surface area contributed by atoms with E-state index in [1.54, 1.807) is 6.08 Å². The second kappa shape index (κ2) is 4.90. The molecular weight excluding hydrogens is 196 g/mol. The number of carbonyl (C=O) groups excluding carboxylic acids is 1. The zero-order valence-corrected chi connectivity index (χ0v) is 7.88. The van der Waals surface area contributed by atoms with Crippen LogP contribution in [0.25, 0.3) is 6.08 Å². The average Bonchev–Trinajstić information content (AvgIpc) is 2.17. The van der Waals surface area contributed by atoms with Crippen molar-refractivity contribution in [2.45, 2.75) is 6.42 Å². The Balaban J connectivity index is 2.78. The summed E-state index contributed by atoms with van der Waals surface area (Å²) in [5.41, 5.74) is 5.57. The summed E-state index contributed by atoms with van der Waals surface area (Å²) in [4.78, 5) is 24.9. The Labute approximate surface area is 86.2 Å². The number of nitrogens with two attached hydrogens (primary N) is 1. The van der Waals surface area contributed by atoms with Crippen LogP contribution in [0.4, 0.5) is 0 Å². The SMILES string of the molecule is NC(=O)CC=Cc1cc(C(=O)O)ccn1. The summed E-state index contributed by atoms with van der Waals surface area (Å²) < 4.78 is 0. The van der Waals surface area contributed by atoms with Crippen molar-refractivity contribution in [3.05, 3.63) is 35.7 Å². The van der Waals surface area contributed by atoms with Crippen LogP contribution in [0.2, 0.25) is 0 Å². The molecule has 1 rings (SSSR count). The highest BCUT2D eigenvalue weighted by Gasteiger charge is 2.01. The van der Waals surface area contributed by atoms with Crippen LogP contribution < -0.4 is 5.73 Å². The molecule has 0 saturated carbocycles. The van der Waals surface area contributed by atoms with Gasteiger partial charge in [-0.05, 0) is 18.2 Å². The molecule has 0 unspecified atom stereocenters. The maximum absolute atomic E-state index is 10.6. The first kappa shape index (κ1) is 10.9. The highest BCUT2D eigenvalue weighted by Crippen LogP contribution is 2.04. The summed E-state index contributed by atoms with van der Waals surface area (Å²) in [5, 5.41) is 8.70. The summed E-state index contributed by atoms with van der Waals surface area (Å²) in [6, 6.07) is 2.81. The fourth-order valence-corrected chi connectivity index (χ4v) is 0.968. The van der Waals surface area contributed by atoms with E-state index in [4.69, 9.17) is 10.8 Å². The van der Waals surface area contributed by atoms with Crippen molar-refractivity contribution in [2.24, 2.45) is 5.73 Å². The minimum Gasteiger partial charge on any atom is -0.478 e. The summed E-state index contributed by atoms with van der Waals surface area (Å²) in [7, 11) is 0. The summed E-state index contributed by atoms with van der Waals surface area (Å²) >= 11 is 0. The molecule has 0 aliphatic carbocycles. The maximum Gasteiger partial charge on any atom is 0.335 e. The molecule has 0 aliphatic heterocycles. The molecule has 0 radical (unpaired) electrons. The lowest BCUT2D eigenvalue weighted by molar-refractivity contribution is -0.117. The minimum atomic E-state index is -1.01. The van der Waals surface area contributed by atoms with Crippen LogP contribution >= 0.6 is 0 Å². The normalized spacial score (nSPS) is 10.4. The van der Waals surface area contributed by atoms with Crippen LogP contribution in [0.15, 0.2) is 24.4 Å². The lowest BCUT2D eigenvalue weighted by Gasteiger charge is -1.95. The van der Waals surface area contributed by atoms with Crippen LogP contribution in [0.3, 0.4) is 0 Å². The second-order valence-corrected chi connectivity index (χ2v) is 2.85. The highest BCUT2D eigenvalue weighted by molar-refractivity contribution is 5.88. The Morgan fingerprint density at radius 2 is 2.27 bits per heavy atom. The molecule has 0 aromatic carbocycles. The molecule has 0 spiro atoms. The predicted octanol–water partition coefficient (Wildman–Crippen LogP) is 0.668. The fraction of sp³-hybridized carbons (Fsp3) is 0.100. The van der Waals surface area contributed by atoms with Gasteiger partial charge in [0.25, 0.3) is 0 Å². The molecule has 5 heteroatoms. The van der Waals surface area contributed by atoms with Crippen LogP contribution in [0, 0.1) is 0 Å². The van der Waals surface area contributed by atoms with E-state index in [1.807, 2.05) is 0 Å². The largest absolute Gasteiger partial charge is 0.478 e. The molecule has 15 heavy (non-hydrogen) atoms. The number of pyridine rings is 1. The quantitative estimate of drug-likeness (QED) is 0.757. The van der Waals surface area contributed by atoms with Crippen molar-refractivity contribution in [3.63, 3.8) is 0 Å². The van der Waals surface area contributed by atoms with Crippen molar-refractivity contribution in [3.8, 4) is 0 Å². The molecule has 78 valence electrons. The van der Waals surface area contributed by atoms with Gasteiger partial charge in [-0.1, -0.05) is 6.08 Å². The molecule has 0 bridgehead atoms. The third-order valence-electron chi connectivity index (χ3n) is 1.64. The maximum atomic E-state index is 10.6. The van der Waals surface area contributed by atoms with Crippen molar-refractivity contribution >= 4 is 18.0 Å². The lowest BCUT2D eigenvalue weighted by atomic mass is 10.2. The van der Waals surface area contributed by atoms with Gasteiger partial charge in [0.2, 0.25) is 5.91 Å². The number of carboxylic acid groups (broad SMARTS) is 1. The number of carbonyl (C=O) groups is 2. The Hall–Kier alpha value is -2.17. The zero-order chi connectivity index (χ0) is 11.3. The predicted molar refractivity (Wildman–Crippen MR) is 54.0 cm³/mol. The molecular formula is C10H10N2O3. The van der Waals surface area contributed by atoms with Crippen LogP contribution in [-0.2, 0) is 4.79 Å². The first-order valence-electron chi connectivity index (χ1n) is 4.24. The molecule has 0 atom stereocenters. The first-order valence-corrected chi connectivity index (χ1v) is 4.24. The first-order chi connectivity index (χ1) is 7.09. The molecule has 0 saturated heterocycles. The number of amides is 1. The van der Waals surface area contributed by atoms with E-state index in [2.05, 4.69) is 4.98 Å².